The smallest absolute Gasteiger partial charge is 0.182 e. The first kappa shape index (κ1) is 44.2. The number of oxime groups is 1. The number of benzene rings is 3. The van der Waals surface area contributed by atoms with E-state index in [1.54, 1.807) is 35.5 Å². The molecule has 59 heavy (non-hydrogen) atoms. The Kier molecular flexibility index (Phi) is 12.7. The molecule has 322 valence electrons. The van der Waals surface area contributed by atoms with Crippen LogP contribution in [0.25, 0.3) is 0 Å². The van der Waals surface area contributed by atoms with Gasteiger partial charge >= 0.3 is 0 Å². The summed E-state index contributed by atoms with van der Waals surface area (Å²) in [6.45, 7) is 29.9. The van der Waals surface area contributed by atoms with E-state index in [9.17, 15) is 0 Å². The molecule has 0 aromatic heterocycles. The van der Waals surface area contributed by atoms with Crippen molar-refractivity contribution < 1.29 is 28.6 Å². The maximum Gasteiger partial charge on any atom is 0.182 e. The molecule has 3 aliphatic rings. The summed E-state index contributed by atoms with van der Waals surface area (Å²) in [6.07, 6.45) is 2.48. The van der Waals surface area contributed by atoms with Crippen LogP contribution in [0.2, 0.25) is 0 Å². The number of hydroxylamine groups is 1. The Hall–Kier alpha value is -4.32. The molecule has 3 aromatic carbocycles. The Morgan fingerprint density at radius 1 is 0.729 bits per heavy atom. The molecule has 0 saturated heterocycles. The van der Waals surface area contributed by atoms with E-state index in [4.69, 9.17) is 28.6 Å². The summed E-state index contributed by atoms with van der Waals surface area (Å²) in [5.41, 5.74) is 14.4. The van der Waals surface area contributed by atoms with Crippen molar-refractivity contribution in [3.05, 3.63) is 67.8 Å². The van der Waals surface area contributed by atoms with Gasteiger partial charge in [-0.3, -0.25) is 19.6 Å². The molecule has 11 nitrogen and oxygen atoms in total. The molecule has 0 fully saturated rings. The second-order valence-corrected chi connectivity index (χ2v) is 17.6. The predicted octanol–water partition coefficient (Wildman–Crippen LogP) is 9.84. The van der Waals surface area contributed by atoms with Gasteiger partial charge in [-0.15, -0.1) is 0 Å². The second kappa shape index (κ2) is 17.0. The number of hydrogen-bond acceptors (Lipinski definition) is 10. The maximum absolute atomic E-state index is 7.49. The molecule has 1 unspecified atom stereocenters. The fourth-order valence-electron chi connectivity index (χ4n) is 10.7. The van der Waals surface area contributed by atoms with Gasteiger partial charge in [-0.1, -0.05) is 67.5 Å². The molecule has 1 atom stereocenters. The highest BCUT2D eigenvalue weighted by Gasteiger charge is 2.59. The summed E-state index contributed by atoms with van der Waals surface area (Å²) in [5, 5.41) is 4.54. The van der Waals surface area contributed by atoms with Gasteiger partial charge in [0.2, 0.25) is 0 Å². The highest BCUT2D eigenvalue weighted by molar-refractivity contribution is 6.10. The highest BCUT2D eigenvalue weighted by atomic mass is 16.6. The minimum atomic E-state index is -0.353. The van der Waals surface area contributed by atoms with Gasteiger partial charge in [0.1, 0.15) is 7.11 Å². The van der Waals surface area contributed by atoms with E-state index < -0.39 is 0 Å². The standard InChI is InChI=1S/C48H69N5O6/c1-17-34(50-56-15)37-28(6)29(7)38(45(49-12)51-57-16)44-43(37)59-42-31(25-53(20-4)21-5)40-33(23-36(42)58-44)47(10,11)27-48(40)26-46(8,9)32-22-35(54-13)41(55-14)30(39(32)48)24-52(18-2)19-3/h22-23H,17-21,24-27H2,1-16H3,(H,49,51)/b50-34+. The van der Waals surface area contributed by atoms with Crippen molar-refractivity contribution in [1.29, 1.82) is 0 Å². The first-order valence-electron chi connectivity index (χ1n) is 21.5. The zero-order chi connectivity index (χ0) is 43.2. The van der Waals surface area contributed by atoms with Crippen LogP contribution in [0.1, 0.15) is 137 Å². The zero-order valence-electron chi connectivity index (χ0n) is 38.8. The number of nitrogens with one attached hydrogen (secondary N) is 1. The van der Waals surface area contributed by atoms with Crippen molar-refractivity contribution in [2.45, 2.75) is 125 Å². The summed E-state index contributed by atoms with van der Waals surface area (Å²) < 4.78 is 27.2. The number of ether oxygens (including phenoxy) is 4. The molecule has 0 saturated carbocycles. The molecule has 0 bridgehead atoms. The van der Waals surface area contributed by atoms with Gasteiger partial charge in [-0.2, -0.15) is 0 Å². The summed E-state index contributed by atoms with van der Waals surface area (Å²) in [4.78, 5) is 20.5. The summed E-state index contributed by atoms with van der Waals surface area (Å²) >= 11 is 0. The monoisotopic (exact) mass is 812 g/mol. The van der Waals surface area contributed by atoms with Gasteiger partial charge in [0.05, 0.1) is 32.6 Å². The van der Waals surface area contributed by atoms with Crippen LogP contribution in [0, 0.1) is 13.8 Å². The lowest BCUT2D eigenvalue weighted by atomic mass is 9.70. The number of hydrogen-bond donors (Lipinski definition) is 1. The van der Waals surface area contributed by atoms with Crippen LogP contribution in [0.3, 0.4) is 0 Å². The number of fused-ring (bicyclic) bond motifs is 6. The lowest BCUT2D eigenvalue weighted by Gasteiger charge is -2.36. The molecule has 1 aliphatic heterocycles. The normalized spacial score (nSPS) is 18.7. The zero-order valence-corrected chi connectivity index (χ0v) is 38.8. The summed E-state index contributed by atoms with van der Waals surface area (Å²) in [7, 11) is 8.45. The van der Waals surface area contributed by atoms with Crippen molar-refractivity contribution >= 4 is 11.5 Å². The van der Waals surface area contributed by atoms with Crippen molar-refractivity contribution in [3.63, 3.8) is 0 Å². The van der Waals surface area contributed by atoms with Crippen LogP contribution < -0.4 is 24.4 Å². The molecular formula is C48H69N5O6. The minimum Gasteiger partial charge on any atom is -0.493 e. The maximum atomic E-state index is 7.49. The molecule has 1 N–H and O–H groups in total. The fraction of sp³-hybridized carbons (Fsp3) is 0.583. The number of amidine groups is 1. The van der Waals surface area contributed by atoms with Gasteiger partial charge in [-0.05, 0) is 116 Å². The van der Waals surface area contributed by atoms with E-state index in [1.165, 1.54) is 27.8 Å². The predicted molar refractivity (Wildman–Crippen MR) is 238 cm³/mol. The molecule has 11 heteroatoms. The van der Waals surface area contributed by atoms with Crippen molar-refractivity contribution in [2.24, 2.45) is 10.1 Å². The van der Waals surface area contributed by atoms with Crippen LogP contribution >= 0.6 is 0 Å². The molecule has 3 aromatic rings. The Morgan fingerprint density at radius 2 is 1.27 bits per heavy atom. The first-order chi connectivity index (χ1) is 28.1. The SMILES string of the molecule is CC/C(=N\OC)c1c(C)c(C)c(C(=NC)NOC)c2c1Oc1c(cc3c(c1CN(CC)CC)C1(CC(C)(C)c4cc(OC)c(OC)c(CN(CC)CC)c41)CC3(C)C)O2. The third-order valence-electron chi connectivity index (χ3n) is 13.4. The summed E-state index contributed by atoms with van der Waals surface area (Å²) in [5.74, 6) is 4.77. The van der Waals surface area contributed by atoms with E-state index in [1.807, 2.05) is 0 Å². The third kappa shape index (κ3) is 7.14. The summed E-state index contributed by atoms with van der Waals surface area (Å²) in [6, 6.07) is 4.54. The topological polar surface area (TPSA) is 98.6 Å². The molecule has 6 rings (SSSR count). The molecule has 1 heterocycles. The first-order valence-corrected chi connectivity index (χ1v) is 21.5. The molecule has 0 radical (unpaired) electrons. The molecule has 2 aliphatic carbocycles. The van der Waals surface area contributed by atoms with Crippen LogP contribution in [0.5, 0.6) is 34.5 Å². The van der Waals surface area contributed by atoms with Gasteiger partial charge in [0.15, 0.2) is 40.3 Å². The van der Waals surface area contributed by atoms with Gasteiger partial charge < -0.3 is 23.8 Å². The van der Waals surface area contributed by atoms with Crippen molar-refractivity contribution in [1.82, 2.24) is 15.3 Å². The fourth-order valence-corrected chi connectivity index (χ4v) is 10.7. The average Bonchev–Trinajstić information content (AvgIpc) is 3.58. The van der Waals surface area contributed by atoms with Crippen LogP contribution in [-0.4, -0.2) is 83.0 Å². The highest BCUT2D eigenvalue weighted by Crippen LogP contribution is 2.68. The third-order valence-corrected chi connectivity index (χ3v) is 13.4. The second-order valence-electron chi connectivity index (χ2n) is 17.6. The van der Waals surface area contributed by atoms with Crippen LogP contribution in [0.4, 0.5) is 0 Å². The number of methoxy groups -OCH3 is 2. The van der Waals surface area contributed by atoms with Crippen LogP contribution in [-0.2, 0) is 39.0 Å². The van der Waals surface area contributed by atoms with Gasteiger partial charge in [-0.25, -0.2) is 5.48 Å². The molecular weight excluding hydrogens is 743 g/mol. The largest absolute Gasteiger partial charge is 0.493 e. The quantitative estimate of drug-likeness (QED) is 0.0715. The van der Waals surface area contributed by atoms with E-state index in [0.717, 1.165) is 96.3 Å². The number of nitrogens with zero attached hydrogens (tertiary/aromatic N) is 4. The Balaban J connectivity index is 1.77. The average molecular weight is 812 g/mol. The van der Waals surface area contributed by atoms with E-state index in [2.05, 4.69) is 114 Å². The molecule has 0 amide bonds. The van der Waals surface area contributed by atoms with Crippen molar-refractivity contribution in [3.8, 4) is 34.5 Å². The van der Waals surface area contributed by atoms with Crippen molar-refractivity contribution in [2.75, 3.05) is 61.7 Å². The van der Waals surface area contributed by atoms with E-state index in [-0.39, 0.29) is 16.2 Å². The number of rotatable bonds is 15. The van der Waals surface area contributed by atoms with E-state index >= 15 is 0 Å². The lowest BCUT2D eigenvalue weighted by molar-refractivity contribution is 0.144. The number of aliphatic imine (C=N–C) groups is 1. The van der Waals surface area contributed by atoms with Crippen LogP contribution in [0.15, 0.2) is 22.3 Å². The minimum absolute atomic E-state index is 0.162. The Bertz CT molecular complexity index is 2150. The Labute approximate surface area is 353 Å². The van der Waals surface area contributed by atoms with E-state index in [0.29, 0.717) is 36.0 Å². The molecule has 1 spiro atoms. The Morgan fingerprint density at radius 3 is 1.78 bits per heavy atom. The van der Waals surface area contributed by atoms with Gasteiger partial charge in [0.25, 0.3) is 0 Å². The van der Waals surface area contributed by atoms with Gasteiger partial charge in [0, 0.05) is 42.2 Å². The lowest BCUT2D eigenvalue weighted by Crippen LogP contribution is -2.32.